The molecule has 0 radical (unpaired) electrons. The number of thioether (sulfide) groups is 1. The number of carbonyl (C=O) groups excluding carboxylic acids is 1. The maximum Gasteiger partial charge on any atom is 0.251 e. The molecular weight excluding hydrogens is 292 g/mol. The minimum absolute atomic E-state index is 0.0879. The van der Waals surface area contributed by atoms with E-state index in [4.69, 9.17) is 5.73 Å². The molecule has 0 unspecified atom stereocenters. The molecule has 2 rings (SSSR count). The van der Waals surface area contributed by atoms with E-state index < -0.39 is 5.54 Å². The second-order valence-corrected chi connectivity index (χ2v) is 6.89. The van der Waals surface area contributed by atoms with Crippen molar-refractivity contribution in [2.45, 2.75) is 30.0 Å². The molecule has 1 amide bonds. The Morgan fingerprint density at radius 2 is 1.73 bits per heavy atom. The molecule has 0 aliphatic rings. The maximum atomic E-state index is 12.1. The monoisotopic (exact) mass is 314 g/mol. The van der Waals surface area contributed by atoms with Crippen molar-refractivity contribution in [2.75, 3.05) is 6.54 Å². The standard InChI is InChI=1S/C18H22N2OS/c1-18(2,13-19)20-17(21)15-8-10-16(11-9-15)22-12-14-6-4-3-5-7-14/h3-11H,12-13,19H2,1-2H3,(H,20,21). The third kappa shape index (κ3) is 4.90. The molecule has 0 aliphatic carbocycles. The molecule has 0 aromatic heterocycles. The van der Waals surface area contributed by atoms with Gasteiger partial charge in [0.25, 0.3) is 5.91 Å². The van der Waals surface area contributed by atoms with Crippen molar-refractivity contribution in [1.29, 1.82) is 0 Å². The summed E-state index contributed by atoms with van der Waals surface area (Å²) < 4.78 is 0. The van der Waals surface area contributed by atoms with Crippen molar-refractivity contribution < 1.29 is 4.79 Å². The average molecular weight is 314 g/mol. The molecule has 0 saturated heterocycles. The number of hydrogen-bond acceptors (Lipinski definition) is 3. The van der Waals surface area contributed by atoms with Gasteiger partial charge in [-0.1, -0.05) is 30.3 Å². The second kappa shape index (κ2) is 7.47. The molecular formula is C18H22N2OS. The molecule has 0 heterocycles. The van der Waals surface area contributed by atoms with Gasteiger partial charge in [-0.3, -0.25) is 4.79 Å². The van der Waals surface area contributed by atoms with Gasteiger partial charge in [0.15, 0.2) is 0 Å². The van der Waals surface area contributed by atoms with E-state index in [1.807, 2.05) is 56.3 Å². The Kier molecular flexibility index (Phi) is 5.63. The van der Waals surface area contributed by atoms with Gasteiger partial charge in [-0.05, 0) is 43.7 Å². The van der Waals surface area contributed by atoms with Crippen LogP contribution < -0.4 is 11.1 Å². The van der Waals surface area contributed by atoms with Gasteiger partial charge in [0.2, 0.25) is 0 Å². The van der Waals surface area contributed by atoms with Gasteiger partial charge in [-0.15, -0.1) is 11.8 Å². The minimum atomic E-state index is -0.391. The maximum absolute atomic E-state index is 12.1. The Labute approximate surface area is 136 Å². The van der Waals surface area contributed by atoms with Gasteiger partial charge in [-0.2, -0.15) is 0 Å². The molecule has 0 atom stereocenters. The van der Waals surface area contributed by atoms with Crippen molar-refractivity contribution >= 4 is 17.7 Å². The first-order chi connectivity index (χ1) is 10.5. The highest BCUT2D eigenvalue weighted by molar-refractivity contribution is 7.98. The average Bonchev–Trinajstić information content (AvgIpc) is 2.54. The summed E-state index contributed by atoms with van der Waals surface area (Å²) in [7, 11) is 0. The zero-order chi connectivity index (χ0) is 16.0. The van der Waals surface area contributed by atoms with Crippen molar-refractivity contribution in [3.63, 3.8) is 0 Å². The quantitative estimate of drug-likeness (QED) is 0.803. The number of nitrogens with one attached hydrogen (secondary N) is 1. The lowest BCUT2D eigenvalue weighted by Crippen LogP contribution is -2.48. The van der Waals surface area contributed by atoms with Crippen molar-refractivity contribution in [3.8, 4) is 0 Å². The Morgan fingerprint density at radius 1 is 1.09 bits per heavy atom. The van der Waals surface area contributed by atoms with E-state index in [1.54, 1.807) is 11.8 Å². The van der Waals surface area contributed by atoms with Gasteiger partial charge in [0.1, 0.15) is 0 Å². The van der Waals surface area contributed by atoms with Crippen LogP contribution in [0.5, 0.6) is 0 Å². The fourth-order valence-corrected chi connectivity index (χ4v) is 2.73. The molecule has 2 aromatic carbocycles. The normalized spacial score (nSPS) is 11.2. The molecule has 0 aliphatic heterocycles. The summed E-state index contributed by atoms with van der Waals surface area (Å²) in [6, 6.07) is 18.0. The molecule has 0 saturated carbocycles. The molecule has 3 N–H and O–H groups in total. The van der Waals surface area contributed by atoms with Gasteiger partial charge in [0.05, 0.1) is 0 Å². The third-order valence-corrected chi connectivity index (χ3v) is 4.41. The molecule has 2 aromatic rings. The Morgan fingerprint density at radius 3 is 2.32 bits per heavy atom. The highest BCUT2D eigenvalue weighted by Crippen LogP contribution is 2.23. The van der Waals surface area contributed by atoms with Gasteiger partial charge in [-0.25, -0.2) is 0 Å². The van der Waals surface area contributed by atoms with Crippen LogP contribution in [0.2, 0.25) is 0 Å². The highest BCUT2D eigenvalue weighted by Gasteiger charge is 2.18. The van der Waals surface area contributed by atoms with Crippen LogP contribution in [0.1, 0.15) is 29.8 Å². The number of hydrogen-bond donors (Lipinski definition) is 2. The smallest absolute Gasteiger partial charge is 0.251 e. The lowest BCUT2D eigenvalue weighted by Gasteiger charge is -2.24. The van der Waals surface area contributed by atoms with E-state index in [1.165, 1.54) is 5.56 Å². The second-order valence-electron chi connectivity index (χ2n) is 5.84. The highest BCUT2D eigenvalue weighted by atomic mass is 32.2. The number of nitrogens with two attached hydrogens (primary N) is 1. The van der Waals surface area contributed by atoms with Gasteiger partial charge < -0.3 is 11.1 Å². The lowest BCUT2D eigenvalue weighted by molar-refractivity contribution is 0.0915. The Hall–Kier alpha value is -1.78. The number of rotatable bonds is 6. The summed E-state index contributed by atoms with van der Waals surface area (Å²) in [5, 5.41) is 2.93. The summed E-state index contributed by atoms with van der Waals surface area (Å²) in [4.78, 5) is 13.3. The lowest BCUT2D eigenvalue weighted by atomic mass is 10.1. The number of benzene rings is 2. The molecule has 0 spiro atoms. The van der Waals surface area contributed by atoms with E-state index in [2.05, 4.69) is 17.4 Å². The van der Waals surface area contributed by atoms with E-state index in [0.29, 0.717) is 12.1 Å². The van der Waals surface area contributed by atoms with Crippen molar-refractivity contribution in [2.24, 2.45) is 5.73 Å². The summed E-state index contributed by atoms with van der Waals surface area (Å²) in [6.45, 7) is 4.23. The van der Waals surface area contributed by atoms with E-state index in [-0.39, 0.29) is 5.91 Å². The summed E-state index contributed by atoms with van der Waals surface area (Å²) >= 11 is 1.76. The Bertz CT molecular complexity index is 609. The third-order valence-electron chi connectivity index (χ3n) is 3.33. The molecule has 22 heavy (non-hydrogen) atoms. The van der Waals surface area contributed by atoms with Crippen LogP contribution in [0.15, 0.2) is 59.5 Å². The van der Waals surface area contributed by atoms with Crippen LogP contribution in [0.4, 0.5) is 0 Å². The predicted octanol–water partition coefficient (Wildman–Crippen LogP) is 3.45. The van der Waals surface area contributed by atoms with Crippen LogP contribution in [-0.4, -0.2) is 18.0 Å². The largest absolute Gasteiger partial charge is 0.346 e. The fourth-order valence-electron chi connectivity index (χ4n) is 1.87. The summed E-state index contributed by atoms with van der Waals surface area (Å²) in [5.74, 6) is 0.835. The number of amides is 1. The predicted molar refractivity (Wildman–Crippen MR) is 93.0 cm³/mol. The van der Waals surface area contributed by atoms with Crippen LogP contribution in [0.3, 0.4) is 0 Å². The SMILES string of the molecule is CC(C)(CN)NC(=O)c1ccc(SCc2ccccc2)cc1. The Balaban J connectivity index is 1.94. The molecule has 3 nitrogen and oxygen atoms in total. The summed E-state index contributed by atoms with van der Waals surface area (Å²) in [5.41, 5.74) is 7.19. The van der Waals surface area contributed by atoms with E-state index >= 15 is 0 Å². The molecule has 4 heteroatoms. The molecule has 0 fully saturated rings. The van der Waals surface area contributed by atoms with Crippen LogP contribution in [0, 0.1) is 0 Å². The minimum Gasteiger partial charge on any atom is -0.346 e. The first-order valence-corrected chi connectivity index (χ1v) is 8.28. The van der Waals surface area contributed by atoms with E-state index in [9.17, 15) is 4.79 Å². The first kappa shape index (κ1) is 16.6. The van der Waals surface area contributed by atoms with Crippen LogP contribution >= 0.6 is 11.8 Å². The van der Waals surface area contributed by atoms with Crippen LogP contribution in [0.25, 0.3) is 0 Å². The first-order valence-electron chi connectivity index (χ1n) is 7.29. The van der Waals surface area contributed by atoms with Gasteiger partial charge in [0, 0.05) is 28.3 Å². The molecule has 0 bridgehead atoms. The van der Waals surface area contributed by atoms with Crippen molar-refractivity contribution in [3.05, 3.63) is 65.7 Å². The van der Waals surface area contributed by atoms with Gasteiger partial charge >= 0.3 is 0 Å². The summed E-state index contributed by atoms with van der Waals surface area (Å²) in [6.07, 6.45) is 0. The number of carbonyl (C=O) groups is 1. The fraction of sp³-hybridized carbons (Fsp3) is 0.278. The topological polar surface area (TPSA) is 55.1 Å². The van der Waals surface area contributed by atoms with Crippen LogP contribution in [-0.2, 0) is 5.75 Å². The zero-order valence-electron chi connectivity index (χ0n) is 13.0. The van der Waals surface area contributed by atoms with E-state index in [0.717, 1.165) is 10.6 Å². The molecule has 116 valence electrons. The van der Waals surface area contributed by atoms with Crippen molar-refractivity contribution in [1.82, 2.24) is 5.32 Å². The zero-order valence-corrected chi connectivity index (χ0v) is 13.8.